The van der Waals surface area contributed by atoms with Gasteiger partial charge in [0.2, 0.25) is 5.91 Å². The smallest absolute Gasteiger partial charge is 0.226 e. The van der Waals surface area contributed by atoms with Gasteiger partial charge in [-0.15, -0.1) is 0 Å². The van der Waals surface area contributed by atoms with Crippen molar-refractivity contribution in [1.29, 1.82) is 0 Å². The molecule has 0 bridgehead atoms. The van der Waals surface area contributed by atoms with Crippen LogP contribution in [0.5, 0.6) is 0 Å². The number of benzene rings is 2. The number of ether oxygens (including phenoxy) is 1. The Kier molecular flexibility index (Phi) is 6.60. The molecule has 1 heterocycles. The molecule has 144 valence electrons. The molecule has 0 radical (unpaired) electrons. The zero-order valence-electron chi connectivity index (χ0n) is 15.1. The predicted molar refractivity (Wildman–Crippen MR) is 105 cm³/mol. The number of carbonyl (C=O) groups is 1. The molecular weight excluding hydrogens is 364 g/mol. The zero-order chi connectivity index (χ0) is 19.1. The molecule has 1 saturated heterocycles. The number of rotatable bonds is 7. The second-order valence-corrected chi connectivity index (χ2v) is 8.76. The number of hydrogen-bond donors (Lipinski definition) is 2. The van der Waals surface area contributed by atoms with Crippen molar-refractivity contribution >= 4 is 21.4 Å². The average Bonchev–Trinajstić information content (AvgIpc) is 2.62. The Bertz CT molecular complexity index is 863. The summed E-state index contributed by atoms with van der Waals surface area (Å²) in [5.74, 6) is -0.191. The fourth-order valence-electron chi connectivity index (χ4n) is 3.06. The van der Waals surface area contributed by atoms with Crippen LogP contribution in [0.1, 0.15) is 17.5 Å². The number of carbonyl (C=O) groups excluding carboxylic acids is 1. The third-order valence-corrected chi connectivity index (χ3v) is 5.80. The number of amides is 1. The van der Waals surface area contributed by atoms with Crippen molar-refractivity contribution < 1.29 is 17.9 Å². The molecule has 7 heteroatoms. The van der Waals surface area contributed by atoms with E-state index in [0.717, 1.165) is 12.1 Å². The van der Waals surface area contributed by atoms with Crippen molar-refractivity contribution in [2.75, 3.05) is 25.1 Å². The number of sulfone groups is 1. The molecule has 0 saturated carbocycles. The highest BCUT2D eigenvalue weighted by atomic mass is 32.2. The summed E-state index contributed by atoms with van der Waals surface area (Å²) in [5, 5.41) is 6.07. The monoisotopic (exact) mass is 388 g/mol. The summed E-state index contributed by atoms with van der Waals surface area (Å²) in [6.07, 6.45) is 0.316. The van der Waals surface area contributed by atoms with Crippen molar-refractivity contribution in [3.63, 3.8) is 0 Å². The molecule has 1 aliphatic heterocycles. The van der Waals surface area contributed by atoms with Gasteiger partial charge in [0, 0.05) is 24.7 Å². The van der Waals surface area contributed by atoms with Gasteiger partial charge >= 0.3 is 0 Å². The van der Waals surface area contributed by atoms with Crippen LogP contribution in [0.4, 0.5) is 5.69 Å². The first-order chi connectivity index (χ1) is 13.0. The lowest BCUT2D eigenvalue weighted by molar-refractivity contribution is -0.117. The SMILES string of the molecule is O=C(CC1COCCN1)Nc1cccc(CS(=O)(=O)Cc2ccccc2)c1. The fraction of sp³-hybridized carbons (Fsp3) is 0.350. The van der Waals surface area contributed by atoms with Crippen LogP contribution in [0.3, 0.4) is 0 Å². The van der Waals surface area contributed by atoms with Gasteiger partial charge in [0.05, 0.1) is 24.7 Å². The van der Waals surface area contributed by atoms with Crippen molar-refractivity contribution in [3.8, 4) is 0 Å². The Morgan fingerprint density at radius 2 is 1.81 bits per heavy atom. The highest BCUT2D eigenvalue weighted by Gasteiger charge is 2.17. The second kappa shape index (κ2) is 9.12. The highest BCUT2D eigenvalue weighted by molar-refractivity contribution is 7.89. The van der Waals surface area contributed by atoms with E-state index in [0.29, 0.717) is 30.9 Å². The van der Waals surface area contributed by atoms with Crippen LogP contribution < -0.4 is 10.6 Å². The summed E-state index contributed by atoms with van der Waals surface area (Å²) >= 11 is 0. The molecule has 1 fully saturated rings. The van der Waals surface area contributed by atoms with Crippen molar-refractivity contribution in [2.24, 2.45) is 0 Å². The maximum Gasteiger partial charge on any atom is 0.226 e. The summed E-state index contributed by atoms with van der Waals surface area (Å²) in [6.45, 7) is 1.93. The first-order valence-corrected chi connectivity index (χ1v) is 10.8. The molecule has 1 unspecified atom stereocenters. The molecule has 0 spiro atoms. The maximum atomic E-state index is 12.5. The molecular formula is C20H24N2O4S. The van der Waals surface area contributed by atoms with E-state index in [1.165, 1.54) is 0 Å². The van der Waals surface area contributed by atoms with Gasteiger partial charge < -0.3 is 15.4 Å². The lowest BCUT2D eigenvalue weighted by atomic mass is 10.1. The number of hydrogen-bond acceptors (Lipinski definition) is 5. The number of nitrogens with one attached hydrogen (secondary N) is 2. The molecule has 2 aromatic carbocycles. The van der Waals surface area contributed by atoms with Crippen LogP contribution in [-0.4, -0.2) is 40.1 Å². The zero-order valence-corrected chi connectivity index (χ0v) is 15.9. The van der Waals surface area contributed by atoms with Crippen LogP contribution in [-0.2, 0) is 30.9 Å². The van der Waals surface area contributed by atoms with E-state index < -0.39 is 9.84 Å². The van der Waals surface area contributed by atoms with Gasteiger partial charge in [-0.25, -0.2) is 8.42 Å². The third-order valence-electron chi connectivity index (χ3n) is 4.26. The first kappa shape index (κ1) is 19.5. The Balaban J connectivity index is 1.58. The molecule has 0 aromatic heterocycles. The summed E-state index contributed by atoms with van der Waals surface area (Å²) in [4.78, 5) is 12.2. The van der Waals surface area contributed by atoms with E-state index in [-0.39, 0.29) is 23.5 Å². The topological polar surface area (TPSA) is 84.5 Å². The quantitative estimate of drug-likeness (QED) is 0.759. The average molecular weight is 388 g/mol. The van der Waals surface area contributed by atoms with Gasteiger partial charge in [-0.2, -0.15) is 0 Å². The maximum absolute atomic E-state index is 12.5. The van der Waals surface area contributed by atoms with Crippen LogP contribution in [0.2, 0.25) is 0 Å². The van der Waals surface area contributed by atoms with Crippen LogP contribution in [0, 0.1) is 0 Å². The minimum Gasteiger partial charge on any atom is -0.378 e. The number of anilines is 1. The molecule has 0 aliphatic carbocycles. The summed E-state index contributed by atoms with van der Waals surface area (Å²) in [7, 11) is -3.29. The number of morpholine rings is 1. The van der Waals surface area contributed by atoms with E-state index >= 15 is 0 Å². The van der Waals surface area contributed by atoms with E-state index in [1.54, 1.807) is 36.4 Å². The van der Waals surface area contributed by atoms with Gasteiger partial charge in [-0.3, -0.25) is 4.79 Å². The Morgan fingerprint density at radius 1 is 1.07 bits per heavy atom. The minimum atomic E-state index is -3.29. The molecule has 2 N–H and O–H groups in total. The first-order valence-electron chi connectivity index (χ1n) is 8.94. The van der Waals surface area contributed by atoms with E-state index in [9.17, 15) is 13.2 Å². The normalized spacial score (nSPS) is 17.4. The lowest BCUT2D eigenvalue weighted by Crippen LogP contribution is -2.43. The second-order valence-electron chi connectivity index (χ2n) is 6.70. The van der Waals surface area contributed by atoms with Gasteiger partial charge in [0.1, 0.15) is 0 Å². The van der Waals surface area contributed by atoms with Crippen LogP contribution >= 0.6 is 0 Å². The molecule has 3 rings (SSSR count). The fourth-order valence-corrected chi connectivity index (χ4v) is 4.55. The van der Waals surface area contributed by atoms with E-state index in [4.69, 9.17) is 4.74 Å². The third kappa shape index (κ3) is 6.46. The van der Waals surface area contributed by atoms with Gasteiger partial charge in [0.25, 0.3) is 0 Å². The molecule has 27 heavy (non-hydrogen) atoms. The van der Waals surface area contributed by atoms with Crippen molar-refractivity contribution in [1.82, 2.24) is 5.32 Å². The lowest BCUT2D eigenvalue weighted by Gasteiger charge is -2.23. The predicted octanol–water partition coefficient (Wildman–Crippen LogP) is 2.12. The van der Waals surface area contributed by atoms with Crippen LogP contribution in [0.25, 0.3) is 0 Å². The summed E-state index contributed by atoms with van der Waals surface area (Å²) in [5.41, 5.74) is 2.02. The minimum absolute atomic E-state index is 0.00221. The van der Waals surface area contributed by atoms with Gasteiger partial charge in [-0.05, 0) is 23.3 Å². The molecule has 6 nitrogen and oxygen atoms in total. The van der Waals surface area contributed by atoms with Gasteiger partial charge in [-0.1, -0.05) is 42.5 Å². The molecule has 1 aliphatic rings. The van der Waals surface area contributed by atoms with E-state index in [2.05, 4.69) is 10.6 Å². The Labute approximate surface area is 159 Å². The molecule has 1 atom stereocenters. The summed E-state index contributed by atoms with van der Waals surface area (Å²) in [6, 6.07) is 16.1. The Hall–Kier alpha value is -2.22. The molecule has 2 aromatic rings. The van der Waals surface area contributed by atoms with E-state index in [1.807, 2.05) is 18.2 Å². The largest absolute Gasteiger partial charge is 0.378 e. The van der Waals surface area contributed by atoms with Gasteiger partial charge in [0.15, 0.2) is 9.84 Å². The van der Waals surface area contributed by atoms with Crippen molar-refractivity contribution in [2.45, 2.75) is 24.0 Å². The molecule has 1 amide bonds. The summed E-state index contributed by atoms with van der Waals surface area (Å²) < 4.78 is 30.3. The Morgan fingerprint density at radius 3 is 2.56 bits per heavy atom. The standard InChI is InChI=1S/C20H24N2O4S/c23-20(12-19-13-26-10-9-21-19)22-18-8-4-7-17(11-18)15-27(24,25)14-16-5-2-1-3-6-16/h1-8,11,19,21H,9-10,12-15H2,(H,22,23). The van der Waals surface area contributed by atoms with Crippen LogP contribution in [0.15, 0.2) is 54.6 Å². The van der Waals surface area contributed by atoms with Crippen molar-refractivity contribution in [3.05, 3.63) is 65.7 Å². The highest BCUT2D eigenvalue weighted by Crippen LogP contribution is 2.17.